The van der Waals surface area contributed by atoms with Crippen LogP contribution in [-0.2, 0) is 0 Å². The minimum atomic E-state index is 0.180. The third kappa shape index (κ3) is 2.95. The van der Waals surface area contributed by atoms with Crippen molar-refractivity contribution in [2.75, 3.05) is 17.6 Å². The van der Waals surface area contributed by atoms with Gasteiger partial charge in [0.15, 0.2) is 11.6 Å². The number of nitrogen functional groups attached to an aromatic ring is 1. The van der Waals surface area contributed by atoms with E-state index in [4.69, 9.17) is 5.73 Å². The van der Waals surface area contributed by atoms with Gasteiger partial charge in [-0.3, -0.25) is 0 Å². The number of hydrogen-bond donors (Lipinski definition) is 2. The van der Waals surface area contributed by atoms with Crippen molar-refractivity contribution in [2.45, 2.75) is 27.7 Å². The highest BCUT2D eigenvalue weighted by atomic mass is 15.1. The maximum Gasteiger partial charge on any atom is 0.169 e. The Hall–Kier alpha value is -1.84. The van der Waals surface area contributed by atoms with Gasteiger partial charge in [-0.1, -0.05) is 39.8 Å². The van der Waals surface area contributed by atoms with Crippen LogP contribution in [0.5, 0.6) is 0 Å². The molecule has 0 atom stereocenters. The molecule has 2 aromatic rings. The standard InChI is InChI=1S/C15H22N4/c1-10(2)15(3,4)9-17-14-13(16)18-11-7-5-6-8-12(11)19-14/h5-8,10H,9H2,1-4H3,(H2,16,18)(H,17,19). The van der Waals surface area contributed by atoms with E-state index in [2.05, 4.69) is 43.0 Å². The molecule has 0 saturated carbocycles. The summed E-state index contributed by atoms with van der Waals surface area (Å²) in [6.45, 7) is 9.72. The summed E-state index contributed by atoms with van der Waals surface area (Å²) in [7, 11) is 0. The van der Waals surface area contributed by atoms with Crippen LogP contribution in [-0.4, -0.2) is 16.5 Å². The molecule has 102 valence electrons. The molecule has 0 spiro atoms. The van der Waals surface area contributed by atoms with Crippen LogP contribution in [0.4, 0.5) is 11.6 Å². The average Bonchev–Trinajstić information content (AvgIpc) is 2.36. The summed E-state index contributed by atoms with van der Waals surface area (Å²) >= 11 is 0. The second-order valence-electron chi connectivity index (χ2n) is 5.94. The fourth-order valence-corrected chi connectivity index (χ4v) is 1.66. The summed E-state index contributed by atoms with van der Waals surface area (Å²) in [5.41, 5.74) is 7.83. The number of anilines is 2. The van der Waals surface area contributed by atoms with Gasteiger partial charge in [-0.15, -0.1) is 0 Å². The van der Waals surface area contributed by atoms with Gasteiger partial charge in [0, 0.05) is 6.54 Å². The normalized spacial score (nSPS) is 12.1. The number of nitrogens with two attached hydrogens (primary N) is 1. The summed E-state index contributed by atoms with van der Waals surface area (Å²) in [5.74, 6) is 1.71. The number of benzene rings is 1. The average molecular weight is 258 g/mol. The summed E-state index contributed by atoms with van der Waals surface area (Å²) in [5, 5.41) is 3.33. The number of aromatic nitrogens is 2. The molecule has 4 heteroatoms. The second kappa shape index (κ2) is 5.03. The first-order chi connectivity index (χ1) is 8.90. The van der Waals surface area contributed by atoms with Crippen molar-refractivity contribution in [3.05, 3.63) is 24.3 Å². The lowest BCUT2D eigenvalue weighted by molar-refractivity contribution is 0.269. The molecule has 1 aromatic carbocycles. The summed E-state index contributed by atoms with van der Waals surface area (Å²) in [6, 6.07) is 7.75. The van der Waals surface area contributed by atoms with Gasteiger partial charge in [-0.05, 0) is 23.5 Å². The quantitative estimate of drug-likeness (QED) is 0.883. The molecule has 1 aromatic heterocycles. The van der Waals surface area contributed by atoms with E-state index in [0.29, 0.717) is 17.6 Å². The fraction of sp³-hybridized carbons (Fsp3) is 0.467. The molecule has 19 heavy (non-hydrogen) atoms. The van der Waals surface area contributed by atoms with Crippen LogP contribution in [0.3, 0.4) is 0 Å². The zero-order valence-electron chi connectivity index (χ0n) is 12.1. The lowest BCUT2D eigenvalue weighted by atomic mass is 9.81. The molecule has 1 heterocycles. The van der Waals surface area contributed by atoms with Gasteiger partial charge in [0.2, 0.25) is 0 Å². The van der Waals surface area contributed by atoms with Crippen molar-refractivity contribution in [3.8, 4) is 0 Å². The van der Waals surface area contributed by atoms with Crippen LogP contribution in [0.15, 0.2) is 24.3 Å². The van der Waals surface area contributed by atoms with Crippen molar-refractivity contribution < 1.29 is 0 Å². The van der Waals surface area contributed by atoms with Gasteiger partial charge in [0.1, 0.15) is 0 Å². The second-order valence-corrected chi connectivity index (χ2v) is 5.94. The van der Waals surface area contributed by atoms with Crippen molar-refractivity contribution in [1.82, 2.24) is 9.97 Å². The van der Waals surface area contributed by atoms with Crippen LogP contribution < -0.4 is 11.1 Å². The van der Waals surface area contributed by atoms with Crippen LogP contribution in [0.25, 0.3) is 11.0 Å². The molecule has 0 aliphatic heterocycles. The molecule has 0 saturated heterocycles. The highest BCUT2D eigenvalue weighted by Gasteiger charge is 2.22. The highest BCUT2D eigenvalue weighted by Crippen LogP contribution is 2.27. The summed E-state index contributed by atoms with van der Waals surface area (Å²) in [4.78, 5) is 8.91. The zero-order valence-corrected chi connectivity index (χ0v) is 12.1. The minimum absolute atomic E-state index is 0.180. The lowest BCUT2D eigenvalue weighted by Gasteiger charge is -2.29. The van der Waals surface area contributed by atoms with Crippen LogP contribution in [0.1, 0.15) is 27.7 Å². The van der Waals surface area contributed by atoms with Gasteiger partial charge in [0.25, 0.3) is 0 Å². The molecule has 0 radical (unpaired) electrons. The van der Waals surface area contributed by atoms with Crippen molar-refractivity contribution >= 4 is 22.7 Å². The SMILES string of the molecule is CC(C)C(C)(C)CNc1nc2ccccc2nc1N. The van der Waals surface area contributed by atoms with E-state index < -0.39 is 0 Å². The van der Waals surface area contributed by atoms with E-state index in [9.17, 15) is 0 Å². The molecule has 0 aliphatic carbocycles. The van der Waals surface area contributed by atoms with E-state index in [1.807, 2.05) is 24.3 Å². The highest BCUT2D eigenvalue weighted by molar-refractivity contribution is 5.79. The van der Waals surface area contributed by atoms with E-state index in [1.165, 1.54) is 0 Å². The third-order valence-corrected chi connectivity index (χ3v) is 3.87. The van der Waals surface area contributed by atoms with Gasteiger partial charge in [0.05, 0.1) is 11.0 Å². The maximum atomic E-state index is 5.96. The first-order valence-electron chi connectivity index (χ1n) is 6.66. The Labute approximate surface area is 114 Å². The molecule has 2 rings (SSSR count). The smallest absolute Gasteiger partial charge is 0.169 e. The number of fused-ring (bicyclic) bond motifs is 1. The van der Waals surface area contributed by atoms with Gasteiger partial charge in [-0.25, -0.2) is 9.97 Å². The van der Waals surface area contributed by atoms with Crippen molar-refractivity contribution in [1.29, 1.82) is 0 Å². The van der Waals surface area contributed by atoms with E-state index >= 15 is 0 Å². The Morgan fingerprint density at radius 3 is 2.32 bits per heavy atom. The first-order valence-corrected chi connectivity index (χ1v) is 6.66. The maximum absolute atomic E-state index is 5.96. The molecule has 0 fully saturated rings. The number of para-hydroxylation sites is 2. The number of hydrogen-bond acceptors (Lipinski definition) is 4. The summed E-state index contributed by atoms with van der Waals surface area (Å²) in [6.07, 6.45) is 0. The lowest BCUT2D eigenvalue weighted by Crippen LogP contribution is -2.29. The third-order valence-electron chi connectivity index (χ3n) is 3.87. The van der Waals surface area contributed by atoms with Gasteiger partial charge in [-0.2, -0.15) is 0 Å². The number of rotatable bonds is 4. The molecular formula is C15H22N4. The van der Waals surface area contributed by atoms with Crippen molar-refractivity contribution in [3.63, 3.8) is 0 Å². The Balaban J connectivity index is 2.23. The van der Waals surface area contributed by atoms with Gasteiger partial charge < -0.3 is 11.1 Å². The molecule has 4 nitrogen and oxygen atoms in total. The molecular weight excluding hydrogens is 236 g/mol. The van der Waals surface area contributed by atoms with E-state index in [0.717, 1.165) is 17.6 Å². The predicted octanol–water partition coefficient (Wildman–Crippen LogP) is 3.31. The molecule has 0 unspecified atom stereocenters. The molecule has 0 bridgehead atoms. The zero-order chi connectivity index (χ0) is 14.0. The Bertz CT molecular complexity index is 575. The Kier molecular flexibility index (Phi) is 3.60. The van der Waals surface area contributed by atoms with Crippen LogP contribution >= 0.6 is 0 Å². The van der Waals surface area contributed by atoms with Crippen molar-refractivity contribution in [2.24, 2.45) is 11.3 Å². The molecule has 0 aliphatic rings. The van der Waals surface area contributed by atoms with Crippen LogP contribution in [0, 0.1) is 11.3 Å². The Morgan fingerprint density at radius 1 is 1.16 bits per heavy atom. The largest absolute Gasteiger partial charge is 0.381 e. The monoisotopic (exact) mass is 258 g/mol. The number of nitrogens with zero attached hydrogens (tertiary/aromatic N) is 2. The Morgan fingerprint density at radius 2 is 1.74 bits per heavy atom. The fourth-order valence-electron chi connectivity index (χ4n) is 1.66. The molecule has 3 N–H and O–H groups in total. The minimum Gasteiger partial charge on any atom is -0.381 e. The first kappa shape index (κ1) is 13.6. The van der Waals surface area contributed by atoms with E-state index in [-0.39, 0.29) is 5.41 Å². The van der Waals surface area contributed by atoms with E-state index in [1.54, 1.807) is 0 Å². The van der Waals surface area contributed by atoms with Crippen LogP contribution in [0.2, 0.25) is 0 Å². The topological polar surface area (TPSA) is 63.8 Å². The number of nitrogens with one attached hydrogen (secondary N) is 1. The van der Waals surface area contributed by atoms with Gasteiger partial charge >= 0.3 is 0 Å². The summed E-state index contributed by atoms with van der Waals surface area (Å²) < 4.78 is 0. The predicted molar refractivity (Wildman–Crippen MR) is 81.1 cm³/mol. The molecule has 0 amide bonds.